The van der Waals surface area contributed by atoms with Gasteiger partial charge in [0.1, 0.15) is 0 Å². The molecule has 1 aromatic heterocycles. The highest BCUT2D eigenvalue weighted by Gasteiger charge is 2.24. The van der Waals surface area contributed by atoms with Crippen molar-refractivity contribution in [2.24, 2.45) is 0 Å². The van der Waals surface area contributed by atoms with Crippen molar-refractivity contribution in [3.63, 3.8) is 0 Å². The van der Waals surface area contributed by atoms with Gasteiger partial charge in [0.25, 0.3) is 0 Å². The molecule has 0 spiro atoms. The van der Waals surface area contributed by atoms with Crippen LogP contribution in [0, 0.1) is 0 Å². The first-order chi connectivity index (χ1) is 4.47. The van der Waals surface area contributed by atoms with E-state index < -0.39 is 0 Å². The zero-order valence-electron chi connectivity index (χ0n) is 5.12. The van der Waals surface area contributed by atoms with Gasteiger partial charge in [-0.05, 0) is 12.8 Å². The first-order valence-corrected chi connectivity index (χ1v) is 3.23. The lowest BCUT2D eigenvalue weighted by Crippen LogP contribution is -1.84. The van der Waals surface area contributed by atoms with E-state index in [9.17, 15) is 0 Å². The first kappa shape index (κ1) is 4.91. The summed E-state index contributed by atoms with van der Waals surface area (Å²) in [5, 5.41) is 0. The average molecular weight is 120 g/mol. The molecular weight excluding hydrogens is 112 g/mol. The summed E-state index contributed by atoms with van der Waals surface area (Å²) in [6.45, 7) is 0. The van der Waals surface area contributed by atoms with E-state index in [2.05, 4.69) is 9.97 Å². The molecule has 0 radical (unpaired) electrons. The molecule has 0 unspecified atom stereocenters. The quantitative estimate of drug-likeness (QED) is 0.559. The fourth-order valence-electron chi connectivity index (χ4n) is 0.901. The molecule has 0 aromatic carbocycles. The summed E-state index contributed by atoms with van der Waals surface area (Å²) in [6, 6.07) is 0. The molecule has 2 nitrogen and oxygen atoms in total. The monoisotopic (exact) mass is 120 g/mol. The summed E-state index contributed by atoms with van der Waals surface area (Å²) in [6.07, 6.45) is 7.94. The van der Waals surface area contributed by atoms with Gasteiger partial charge in [-0.1, -0.05) is 0 Å². The molecule has 1 aliphatic rings. The summed E-state index contributed by atoms with van der Waals surface area (Å²) >= 11 is 0. The second kappa shape index (κ2) is 1.79. The van der Waals surface area contributed by atoms with E-state index in [1.54, 1.807) is 12.4 Å². The minimum absolute atomic E-state index is 0.735. The van der Waals surface area contributed by atoms with Crippen molar-refractivity contribution in [3.8, 4) is 0 Å². The maximum atomic E-state index is 4.18. The van der Waals surface area contributed by atoms with E-state index in [0.717, 1.165) is 11.6 Å². The molecule has 9 heavy (non-hydrogen) atoms. The molecule has 2 heteroatoms. The Morgan fingerprint density at radius 3 is 2.78 bits per heavy atom. The van der Waals surface area contributed by atoms with Crippen LogP contribution in [0.5, 0.6) is 0 Å². The molecule has 1 fully saturated rings. The van der Waals surface area contributed by atoms with Crippen molar-refractivity contribution in [1.82, 2.24) is 9.97 Å². The van der Waals surface area contributed by atoms with E-state index in [1.165, 1.54) is 12.8 Å². The largest absolute Gasteiger partial charge is 0.261 e. The van der Waals surface area contributed by atoms with Crippen molar-refractivity contribution >= 4 is 0 Å². The zero-order chi connectivity index (χ0) is 6.10. The van der Waals surface area contributed by atoms with Crippen LogP contribution in [0.2, 0.25) is 0 Å². The van der Waals surface area contributed by atoms with Gasteiger partial charge in [0.15, 0.2) is 0 Å². The number of nitrogens with zero attached hydrogens (tertiary/aromatic N) is 2. The number of hydrogen-bond donors (Lipinski definition) is 0. The van der Waals surface area contributed by atoms with Crippen LogP contribution in [0.4, 0.5) is 0 Å². The van der Waals surface area contributed by atoms with Crippen molar-refractivity contribution in [2.75, 3.05) is 0 Å². The van der Waals surface area contributed by atoms with Crippen LogP contribution in [0.25, 0.3) is 0 Å². The molecule has 0 atom stereocenters. The van der Waals surface area contributed by atoms with E-state index in [-0.39, 0.29) is 0 Å². The van der Waals surface area contributed by atoms with Gasteiger partial charge in [-0.2, -0.15) is 0 Å². The minimum Gasteiger partial charge on any atom is -0.261 e. The molecule has 0 N–H and O–H groups in total. The Morgan fingerprint density at radius 1 is 1.33 bits per heavy atom. The van der Waals surface area contributed by atoms with Crippen molar-refractivity contribution in [1.29, 1.82) is 0 Å². The molecule has 0 amide bonds. The predicted molar refractivity (Wildman–Crippen MR) is 34.0 cm³/mol. The molecule has 2 rings (SSSR count). The second-order valence-electron chi connectivity index (χ2n) is 2.40. The highest BCUT2D eigenvalue weighted by atomic mass is 14.8. The normalized spacial score (nSPS) is 17.8. The van der Waals surface area contributed by atoms with Crippen LogP contribution >= 0.6 is 0 Å². The van der Waals surface area contributed by atoms with E-state index >= 15 is 0 Å². The predicted octanol–water partition coefficient (Wildman–Crippen LogP) is 1.35. The summed E-state index contributed by atoms with van der Waals surface area (Å²) in [5.41, 5.74) is 1.16. The summed E-state index contributed by atoms with van der Waals surface area (Å²) in [5.74, 6) is 0.735. The SMILES string of the molecule is c1cnc(C2CC2)cn1. The molecule has 1 aliphatic carbocycles. The summed E-state index contributed by atoms with van der Waals surface area (Å²) < 4.78 is 0. The zero-order valence-corrected chi connectivity index (χ0v) is 5.12. The third-order valence-electron chi connectivity index (χ3n) is 1.58. The Kier molecular flexibility index (Phi) is 0.979. The first-order valence-electron chi connectivity index (χ1n) is 3.23. The van der Waals surface area contributed by atoms with E-state index in [4.69, 9.17) is 0 Å². The van der Waals surface area contributed by atoms with Gasteiger partial charge < -0.3 is 0 Å². The highest BCUT2D eigenvalue weighted by Crippen LogP contribution is 2.38. The number of hydrogen-bond acceptors (Lipinski definition) is 2. The topological polar surface area (TPSA) is 25.8 Å². The third-order valence-corrected chi connectivity index (χ3v) is 1.58. The second-order valence-corrected chi connectivity index (χ2v) is 2.40. The Bertz CT molecular complexity index is 191. The Morgan fingerprint density at radius 2 is 2.22 bits per heavy atom. The lowest BCUT2D eigenvalue weighted by atomic mass is 10.3. The fourth-order valence-corrected chi connectivity index (χ4v) is 0.901. The van der Waals surface area contributed by atoms with Crippen LogP contribution in [-0.4, -0.2) is 9.97 Å². The number of aromatic nitrogens is 2. The van der Waals surface area contributed by atoms with Gasteiger partial charge in [-0.25, -0.2) is 0 Å². The van der Waals surface area contributed by atoms with Crippen LogP contribution < -0.4 is 0 Å². The number of rotatable bonds is 1. The molecule has 0 saturated heterocycles. The van der Waals surface area contributed by atoms with Gasteiger partial charge >= 0.3 is 0 Å². The molecule has 1 saturated carbocycles. The molecule has 0 bridgehead atoms. The van der Waals surface area contributed by atoms with Gasteiger partial charge in [0, 0.05) is 24.5 Å². The van der Waals surface area contributed by atoms with Gasteiger partial charge in [-0.15, -0.1) is 0 Å². The van der Waals surface area contributed by atoms with Crippen molar-refractivity contribution in [2.45, 2.75) is 18.8 Å². The van der Waals surface area contributed by atoms with Crippen molar-refractivity contribution in [3.05, 3.63) is 24.3 Å². The summed E-state index contributed by atoms with van der Waals surface area (Å²) in [4.78, 5) is 8.16. The Labute approximate surface area is 54.0 Å². The van der Waals surface area contributed by atoms with E-state index in [1.807, 2.05) is 6.20 Å². The Hall–Kier alpha value is -0.920. The minimum atomic E-state index is 0.735. The van der Waals surface area contributed by atoms with E-state index in [0.29, 0.717) is 0 Å². The maximum Gasteiger partial charge on any atom is 0.0617 e. The molecule has 1 aromatic rings. The van der Waals surface area contributed by atoms with Crippen LogP contribution in [0.15, 0.2) is 18.6 Å². The maximum absolute atomic E-state index is 4.18. The molecular formula is C7H8N2. The van der Waals surface area contributed by atoms with Gasteiger partial charge in [0.2, 0.25) is 0 Å². The van der Waals surface area contributed by atoms with Gasteiger partial charge in [0.05, 0.1) is 5.69 Å². The van der Waals surface area contributed by atoms with Crippen LogP contribution in [-0.2, 0) is 0 Å². The average Bonchev–Trinajstić information content (AvgIpc) is 2.71. The van der Waals surface area contributed by atoms with Crippen LogP contribution in [0.3, 0.4) is 0 Å². The smallest absolute Gasteiger partial charge is 0.0617 e. The highest BCUT2D eigenvalue weighted by molar-refractivity contribution is 5.09. The van der Waals surface area contributed by atoms with Gasteiger partial charge in [-0.3, -0.25) is 9.97 Å². The molecule has 46 valence electrons. The molecule has 1 heterocycles. The standard InChI is InChI=1S/C7H8N2/c1-2-6(1)7-5-8-3-4-9-7/h3-6H,1-2H2. The molecule has 0 aliphatic heterocycles. The summed E-state index contributed by atoms with van der Waals surface area (Å²) in [7, 11) is 0. The fraction of sp³-hybridized carbons (Fsp3) is 0.429. The lowest BCUT2D eigenvalue weighted by molar-refractivity contribution is 0.988. The van der Waals surface area contributed by atoms with Crippen molar-refractivity contribution < 1.29 is 0 Å². The third kappa shape index (κ3) is 0.922. The lowest BCUT2D eigenvalue weighted by Gasteiger charge is -1.90. The Balaban J connectivity index is 2.29. The van der Waals surface area contributed by atoms with Crippen LogP contribution in [0.1, 0.15) is 24.5 Å².